The number of likely N-dealkylation sites (tertiary alicyclic amines) is 1. The van der Waals surface area contributed by atoms with Crippen molar-refractivity contribution in [2.45, 2.75) is 58.1 Å². The maximum absolute atomic E-state index is 13.0. The van der Waals surface area contributed by atoms with Gasteiger partial charge in [0.15, 0.2) is 0 Å². The van der Waals surface area contributed by atoms with Crippen molar-refractivity contribution in [3.8, 4) is 11.4 Å². The lowest BCUT2D eigenvalue weighted by Crippen LogP contribution is -2.40. The first-order valence-electron chi connectivity index (χ1n) is 11.0. The molecule has 1 unspecified atom stereocenters. The number of fused-ring (bicyclic) bond motifs is 5. The largest absolute Gasteiger partial charge is 0.444 e. The van der Waals surface area contributed by atoms with E-state index in [1.165, 1.54) is 5.56 Å². The zero-order chi connectivity index (χ0) is 22.8. The van der Waals surface area contributed by atoms with Gasteiger partial charge in [0.1, 0.15) is 5.60 Å². The van der Waals surface area contributed by atoms with Crippen LogP contribution in [0.4, 0.5) is 4.79 Å². The van der Waals surface area contributed by atoms with Gasteiger partial charge in [0.05, 0.1) is 17.6 Å². The van der Waals surface area contributed by atoms with E-state index in [1.807, 2.05) is 45.2 Å². The minimum atomic E-state index is -0.533. The molecule has 3 aromatic rings. The van der Waals surface area contributed by atoms with E-state index in [0.29, 0.717) is 25.1 Å². The number of rotatable bonds is 2. The minimum Gasteiger partial charge on any atom is -0.444 e. The number of carbonyl (C=O) groups excluding carboxylic acids is 2. The molecule has 8 heteroatoms. The Morgan fingerprint density at radius 1 is 1.25 bits per heavy atom. The molecule has 8 nitrogen and oxygen atoms in total. The standard InChI is InChI=1S/C24H29N5O3/c1-23(2,3)32-22(31)29-9-8-14(12-29)26-21(30)13-6-7-17-15(10-13)18-20(27-17)19-16(11-25-28-19)24(18,4)5/h6-7,10-11,14,27H,8-9,12H2,1-5H3,(H,25,28)(H,26,30). The summed E-state index contributed by atoms with van der Waals surface area (Å²) in [5.41, 5.74) is 5.27. The van der Waals surface area contributed by atoms with Gasteiger partial charge >= 0.3 is 6.09 Å². The van der Waals surface area contributed by atoms with E-state index in [-0.39, 0.29) is 23.5 Å². The molecule has 2 aromatic heterocycles. The molecule has 3 heterocycles. The van der Waals surface area contributed by atoms with Crippen LogP contribution in [-0.2, 0) is 10.2 Å². The summed E-state index contributed by atoms with van der Waals surface area (Å²) in [7, 11) is 0. The number of amides is 2. The summed E-state index contributed by atoms with van der Waals surface area (Å²) in [4.78, 5) is 30.5. The summed E-state index contributed by atoms with van der Waals surface area (Å²) in [5.74, 6) is -0.131. The Kier molecular flexibility index (Phi) is 4.41. The van der Waals surface area contributed by atoms with Gasteiger partial charge in [-0.3, -0.25) is 9.89 Å². The zero-order valence-electron chi connectivity index (χ0n) is 19.1. The van der Waals surface area contributed by atoms with Crippen molar-refractivity contribution >= 4 is 22.9 Å². The first-order valence-corrected chi connectivity index (χ1v) is 11.0. The molecule has 1 saturated heterocycles. The van der Waals surface area contributed by atoms with Crippen LogP contribution < -0.4 is 5.32 Å². The summed E-state index contributed by atoms with van der Waals surface area (Å²) in [6.45, 7) is 10.9. The van der Waals surface area contributed by atoms with E-state index in [4.69, 9.17) is 4.74 Å². The number of ether oxygens (including phenoxy) is 1. The summed E-state index contributed by atoms with van der Waals surface area (Å²) in [6, 6.07) is 5.66. The Morgan fingerprint density at radius 3 is 2.78 bits per heavy atom. The predicted molar refractivity (Wildman–Crippen MR) is 122 cm³/mol. The zero-order valence-corrected chi connectivity index (χ0v) is 19.1. The Hall–Kier alpha value is -3.29. The molecule has 1 atom stereocenters. The Labute approximate surface area is 186 Å². The van der Waals surface area contributed by atoms with Crippen molar-refractivity contribution in [2.24, 2.45) is 0 Å². The monoisotopic (exact) mass is 435 g/mol. The SMILES string of the molecule is CC(C)(C)OC(=O)N1CCC(NC(=O)c2ccc3[nH]c4c(c3c2)C(C)(C)c2cn[nH]c2-4)C1. The number of aromatic nitrogens is 3. The third-order valence-electron chi connectivity index (χ3n) is 6.42. The van der Waals surface area contributed by atoms with E-state index in [1.54, 1.807) is 4.90 Å². The highest BCUT2D eigenvalue weighted by molar-refractivity contribution is 6.02. The Balaban J connectivity index is 1.34. The van der Waals surface area contributed by atoms with E-state index >= 15 is 0 Å². The quantitative estimate of drug-likeness (QED) is 0.567. The molecule has 1 aliphatic carbocycles. The second kappa shape index (κ2) is 6.85. The number of aromatic amines is 2. The van der Waals surface area contributed by atoms with Gasteiger partial charge in [0, 0.05) is 46.6 Å². The molecule has 0 saturated carbocycles. The first-order chi connectivity index (χ1) is 15.0. The third kappa shape index (κ3) is 3.25. The van der Waals surface area contributed by atoms with Gasteiger partial charge in [0.25, 0.3) is 5.91 Å². The van der Waals surface area contributed by atoms with E-state index in [9.17, 15) is 9.59 Å². The highest BCUT2D eigenvalue weighted by atomic mass is 16.6. The van der Waals surface area contributed by atoms with Gasteiger partial charge in [-0.1, -0.05) is 13.8 Å². The Bertz CT molecular complexity index is 1230. The lowest BCUT2D eigenvalue weighted by atomic mass is 9.82. The molecule has 3 N–H and O–H groups in total. The van der Waals surface area contributed by atoms with Crippen LogP contribution >= 0.6 is 0 Å². The van der Waals surface area contributed by atoms with Crippen molar-refractivity contribution in [3.63, 3.8) is 0 Å². The second-order valence-corrected chi connectivity index (χ2v) is 10.3. The molecular formula is C24H29N5O3. The van der Waals surface area contributed by atoms with Gasteiger partial charge in [-0.15, -0.1) is 0 Å². The van der Waals surface area contributed by atoms with Crippen LogP contribution in [0, 0.1) is 0 Å². The number of hydrogen-bond donors (Lipinski definition) is 3. The van der Waals surface area contributed by atoms with Crippen molar-refractivity contribution in [2.75, 3.05) is 13.1 Å². The van der Waals surface area contributed by atoms with Crippen molar-refractivity contribution < 1.29 is 14.3 Å². The minimum absolute atomic E-state index is 0.0926. The highest BCUT2D eigenvalue weighted by Gasteiger charge is 2.40. The molecule has 0 spiro atoms. The maximum atomic E-state index is 13.0. The number of nitrogens with zero attached hydrogens (tertiary/aromatic N) is 2. The second-order valence-electron chi connectivity index (χ2n) is 10.3. The van der Waals surface area contributed by atoms with Crippen LogP contribution in [0.3, 0.4) is 0 Å². The van der Waals surface area contributed by atoms with E-state index in [0.717, 1.165) is 27.9 Å². The average Bonchev–Trinajstić information content (AvgIpc) is 3.45. The molecule has 5 rings (SSSR count). The first kappa shape index (κ1) is 20.6. The number of hydrogen-bond acceptors (Lipinski definition) is 4. The number of carbonyl (C=O) groups is 2. The predicted octanol–water partition coefficient (Wildman–Crippen LogP) is 3.94. The number of H-pyrrole nitrogens is 2. The summed E-state index contributed by atoms with van der Waals surface area (Å²) in [5, 5.41) is 11.4. The molecule has 1 aliphatic heterocycles. The molecule has 1 aromatic carbocycles. The number of nitrogens with one attached hydrogen (secondary N) is 3. The highest BCUT2D eigenvalue weighted by Crippen LogP contribution is 2.50. The topological polar surface area (TPSA) is 103 Å². The molecule has 0 bridgehead atoms. The number of benzene rings is 1. The van der Waals surface area contributed by atoms with Crippen LogP contribution in [0.1, 0.15) is 62.5 Å². The molecule has 2 aliphatic rings. The fraction of sp³-hybridized carbons (Fsp3) is 0.458. The lowest BCUT2D eigenvalue weighted by molar-refractivity contribution is 0.0290. The van der Waals surface area contributed by atoms with Crippen molar-refractivity contribution in [1.29, 1.82) is 0 Å². The molecule has 2 amide bonds. The Morgan fingerprint density at radius 2 is 2.03 bits per heavy atom. The molecule has 1 fully saturated rings. The van der Waals surface area contributed by atoms with Gasteiger partial charge in [0.2, 0.25) is 0 Å². The van der Waals surface area contributed by atoms with Gasteiger partial charge in [-0.05, 0) is 51.0 Å². The van der Waals surface area contributed by atoms with Crippen LogP contribution in [-0.4, -0.2) is 56.8 Å². The van der Waals surface area contributed by atoms with Gasteiger partial charge in [-0.25, -0.2) is 4.79 Å². The summed E-state index contributed by atoms with van der Waals surface area (Å²) < 4.78 is 5.44. The maximum Gasteiger partial charge on any atom is 0.410 e. The summed E-state index contributed by atoms with van der Waals surface area (Å²) >= 11 is 0. The van der Waals surface area contributed by atoms with Crippen LogP contribution in [0.2, 0.25) is 0 Å². The van der Waals surface area contributed by atoms with E-state index in [2.05, 4.69) is 34.3 Å². The fourth-order valence-corrected chi connectivity index (χ4v) is 4.89. The molecule has 168 valence electrons. The van der Waals surface area contributed by atoms with Crippen molar-refractivity contribution in [3.05, 3.63) is 41.1 Å². The summed E-state index contributed by atoms with van der Waals surface area (Å²) in [6.07, 6.45) is 2.25. The smallest absolute Gasteiger partial charge is 0.410 e. The van der Waals surface area contributed by atoms with Crippen LogP contribution in [0.5, 0.6) is 0 Å². The average molecular weight is 436 g/mol. The van der Waals surface area contributed by atoms with Crippen molar-refractivity contribution in [1.82, 2.24) is 25.4 Å². The molecule has 0 radical (unpaired) electrons. The molecule has 32 heavy (non-hydrogen) atoms. The third-order valence-corrected chi connectivity index (χ3v) is 6.42. The van der Waals surface area contributed by atoms with Gasteiger partial charge in [-0.2, -0.15) is 5.10 Å². The lowest BCUT2D eigenvalue weighted by Gasteiger charge is -2.24. The van der Waals surface area contributed by atoms with Crippen LogP contribution in [0.25, 0.3) is 22.3 Å². The van der Waals surface area contributed by atoms with Crippen LogP contribution in [0.15, 0.2) is 24.4 Å². The van der Waals surface area contributed by atoms with Gasteiger partial charge < -0.3 is 19.9 Å². The van der Waals surface area contributed by atoms with E-state index < -0.39 is 5.60 Å². The fourth-order valence-electron chi connectivity index (χ4n) is 4.89. The normalized spacial score (nSPS) is 19.2. The molecular weight excluding hydrogens is 406 g/mol.